The van der Waals surface area contributed by atoms with E-state index in [0.717, 1.165) is 31.1 Å². The SMILES string of the molecule is CC(=O)O.CNc1ccc(CCN[C@@H](C)[C@H](O)c2ccc(O)cc2)cc1. The summed E-state index contributed by atoms with van der Waals surface area (Å²) in [6.07, 6.45) is 0.323. The number of rotatable bonds is 7. The summed E-state index contributed by atoms with van der Waals surface area (Å²) in [7, 11) is 1.91. The van der Waals surface area contributed by atoms with Crippen LogP contribution in [0.3, 0.4) is 0 Å². The second-order valence-corrected chi connectivity index (χ2v) is 6.00. The van der Waals surface area contributed by atoms with E-state index < -0.39 is 12.1 Å². The maximum Gasteiger partial charge on any atom is 0.300 e. The minimum atomic E-state index is -0.833. The predicted molar refractivity (Wildman–Crippen MR) is 104 cm³/mol. The molecule has 0 aliphatic heterocycles. The van der Waals surface area contributed by atoms with Crippen molar-refractivity contribution in [1.82, 2.24) is 5.32 Å². The zero-order valence-corrected chi connectivity index (χ0v) is 15.4. The molecular formula is C20H28N2O4. The Hall–Kier alpha value is -2.57. The smallest absolute Gasteiger partial charge is 0.300 e. The quantitative estimate of drug-likeness (QED) is 0.520. The van der Waals surface area contributed by atoms with Crippen LogP contribution in [-0.2, 0) is 11.2 Å². The van der Waals surface area contributed by atoms with Crippen LogP contribution >= 0.6 is 0 Å². The van der Waals surface area contributed by atoms with E-state index in [9.17, 15) is 10.2 Å². The van der Waals surface area contributed by atoms with E-state index in [1.54, 1.807) is 24.3 Å². The van der Waals surface area contributed by atoms with Gasteiger partial charge in [-0.3, -0.25) is 4.79 Å². The molecule has 0 aliphatic rings. The number of phenolic OH excluding ortho intramolecular Hbond substituents is 1. The van der Waals surface area contributed by atoms with E-state index >= 15 is 0 Å². The summed E-state index contributed by atoms with van der Waals surface area (Å²) in [6.45, 7) is 3.84. The van der Waals surface area contributed by atoms with Crippen molar-refractivity contribution >= 4 is 11.7 Å². The van der Waals surface area contributed by atoms with Gasteiger partial charge in [0.15, 0.2) is 0 Å². The number of aliphatic hydroxyl groups is 1. The number of aromatic hydroxyl groups is 1. The van der Waals surface area contributed by atoms with E-state index in [-0.39, 0.29) is 11.8 Å². The summed E-state index contributed by atoms with van der Waals surface area (Å²) in [6, 6.07) is 14.9. The number of anilines is 1. The zero-order chi connectivity index (χ0) is 19.5. The normalized spacial score (nSPS) is 12.5. The molecule has 0 radical (unpaired) electrons. The minimum absolute atomic E-state index is 0.0545. The molecule has 5 N–H and O–H groups in total. The Bertz CT molecular complexity index is 653. The standard InChI is InChI=1S/C18H24N2O2.C2H4O2/c1-13(18(22)15-5-9-17(21)10-6-15)20-12-11-14-3-7-16(19-2)8-4-14;1-2(3)4/h3-10,13,18-22H,11-12H2,1-2H3;1H3,(H,3,4)/t13-,18-;/m0./s1. The van der Waals surface area contributed by atoms with Crippen molar-refractivity contribution < 1.29 is 20.1 Å². The molecule has 2 rings (SSSR count). The van der Waals surface area contributed by atoms with Gasteiger partial charge in [-0.2, -0.15) is 0 Å². The second-order valence-electron chi connectivity index (χ2n) is 6.00. The molecule has 0 aromatic heterocycles. The van der Waals surface area contributed by atoms with E-state index in [0.29, 0.717) is 0 Å². The van der Waals surface area contributed by atoms with Gasteiger partial charge in [-0.25, -0.2) is 0 Å². The molecule has 2 aromatic carbocycles. The van der Waals surface area contributed by atoms with Gasteiger partial charge < -0.3 is 26.0 Å². The van der Waals surface area contributed by atoms with Crippen molar-refractivity contribution in [3.05, 3.63) is 59.7 Å². The molecule has 0 saturated carbocycles. The summed E-state index contributed by atoms with van der Waals surface area (Å²) in [5.41, 5.74) is 3.17. The van der Waals surface area contributed by atoms with Gasteiger partial charge in [0.25, 0.3) is 5.97 Å². The van der Waals surface area contributed by atoms with E-state index in [1.165, 1.54) is 5.56 Å². The highest BCUT2D eigenvalue weighted by atomic mass is 16.4. The lowest BCUT2D eigenvalue weighted by molar-refractivity contribution is -0.134. The Kier molecular flexibility index (Phi) is 9.19. The number of hydrogen-bond donors (Lipinski definition) is 5. The van der Waals surface area contributed by atoms with Crippen LogP contribution in [0.1, 0.15) is 31.1 Å². The van der Waals surface area contributed by atoms with Crippen molar-refractivity contribution in [2.24, 2.45) is 0 Å². The van der Waals surface area contributed by atoms with E-state index in [4.69, 9.17) is 9.90 Å². The van der Waals surface area contributed by atoms with Gasteiger partial charge in [0, 0.05) is 25.7 Å². The fraction of sp³-hybridized carbons (Fsp3) is 0.350. The second kappa shape index (κ2) is 11.1. The van der Waals surface area contributed by atoms with Gasteiger partial charge in [0.05, 0.1) is 6.10 Å². The van der Waals surface area contributed by atoms with Gasteiger partial charge in [0.1, 0.15) is 5.75 Å². The highest BCUT2D eigenvalue weighted by Gasteiger charge is 2.15. The number of carboxylic acids is 1. The van der Waals surface area contributed by atoms with Crippen molar-refractivity contribution in [3.8, 4) is 5.75 Å². The third-order valence-electron chi connectivity index (χ3n) is 3.83. The van der Waals surface area contributed by atoms with Crippen LogP contribution < -0.4 is 10.6 Å². The summed E-state index contributed by atoms with van der Waals surface area (Å²) < 4.78 is 0. The van der Waals surface area contributed by atoms with Crippen molar-refractivity contribution in [2.75, 3.05) is 18.9 Å². The number of aliphatic hydroxyl groups excluding tert-OH is 1. The summed E-state index contributed by atoms with van der Waals surface area (Å²) in [5, 5.41) is 33.4. The molecule has 0 saturated heterocycles. The molecular weight excluding hydrogens is 332 g/mol. The van der Waals surface area contributed by atoms with Crippen LogP contribution in [0.5, 0.6) is 5.75 Å². The number of nitrogens with one attached hydrogen (secondary N) is 2. The minimum Gasteiger partial charge on any atom is -0.508 e. The Morgan fingerprint density at radius 2 is 1.62 bits per heavy atom. The fourth-order valence-electron chi connectivity index (χ4n) is 2.35. The first kappa shape index (κ1) is 21.5. The van der Waals surface area contributed by atoms with Gasteiger partial charge in [-0.05, 0) is 55.3 Å². The molecule has 6 nitrogen and oxygen atoms in total. The lowest BCUT2D eigenvalue weighted by atomic mass is 10.0. The predicted octanol–water partition coefficient (Wildman–Crippen LogP) is 2.78. The summed E-state index contributed by atoms with van der Waals surface area (Å²) in [5.74, 6) is -0.624. The van der Waals surface area contributed by atoms with Gasteiger partial charge >= 0.3 is 0 Å². The van der Waals surface area contributed by atoms with Crippen molar-refractivity contribution in [3.63, 3.8) is 0 Å². The highest BCUT2D eigenvalue weighted by Crippen LogP contribution is 2.19. The molecule has 142 valence electrons. The Labute approximate surface area is 154 Å². The first-order chi connectivity index (χ1) is 12.3. The highest BCUT2D eigenvalue weighted by molar-refractivity contribution is 5.62. The molecule has 2 aromatic rings. The van der Waals surface area contributed by atoms with Gasteiger partial charge in [-0.15, -0.1) is 0 Å². The molecule has 2 atom stereocenters. The maximum absolute atomic E-state index is 10.3. The molecule has 0 spiro atoms. The Morgan fingerprint density at radius 1 is 1.08 bits per heavy atom. The summed E-state index contributed by atoms with van der Waals surface area (Å²) in [4.78, 5) is 9.00. The third kappa shape index (κ3) is 8.00. The molecule has 0 aliphatic carbocycles. The van der Waals surface area contributed by atoms with Gasteiger partial charge in [-0.1, -0.05) is 24.3 Å². The molecule has 0 amide bonds. The monoisotopic (exact) mass is 360 g/mol. The molecule has 0 bridgehead atoms. The Morgan fingerprint density at radius 3 is 2.12 bits per heavy atom. The topological polar surface area (TPSA) is 102 Å². The lowest BCUT2D eigenvalue weighted by Gasteiger charge is -2.20. The molecule has 0 unspecified atom stereocenters. The number of hydrogen-bond acceptors (Lipinski definition) is 5. The van der Waals surface area contributed by atoms with Crippen molar-refractivity contribution in [2.45, 2.75) is 32.4 Å². The fourth-order valence-corrected chi connectivity index (χ4v) is 2.35. The third-order valence-corrected chi connectivity index (χ3v) is 3.83. The van der Waals surface area contributed by atoms with Crippen LogP contribution in [-0.4, -0.2) is 40.9 Å². The number of phenols is 1. The van der Waals surface area contributed by atoms with Crippen LogP contribution in [0.25, 0.3) is 0 Å². The summed E-state index contributed by atoms with van der Waals surface area (Å²) >= 11 is 0. The van der Waals surface area contributed by atoms with Crippen LogP contribution in [0.15, 0.2) is 48.5 Å². The number of aliphatic carboxylic acids is 1. The zero-order valence-electron chi connectivity index (χ0n) is 15.4. The largest absolute Gasteiger partial charge is 0.508 e. The first-order valence-corrected chi connectivity index (χ1v) is 8.50. The average molecular weight is 360 g/mol. The molecule has 0 heterocycles. The van der Waals surface area contributed by atoms with Crippen LogP contribution in [0.2, 0.25) is 0 Å². The molecule has 26 heavy (non-hydrogen) atoms. The molecule has 0 fully saturated rings. The van der Waals surface area contributed by atoms with Crippen molar-refractivity contribution in [1.29, 1.82) is 0 Å². The van der Waals surface area contributed by atoms with E-state index in [1.807, 2.05) is 14.0 Å². The number of carbonyl (C=O) groups is 1. The first-order valence-electron chi connectivity index (χ1n) is 8.50. The van der Waals surface area contributed by atoms with E-state index in [2.05, 4.69) is 34.9 Å². The number of benzene rings is 2. The Balaban J connectivity index is 0.000000765. The lowest BCUT2D eigenvalue weighted by Crippen LogP contribution is -2.33. The average Bonchev–Trinajstić information content (AvgIpc) is 2.62. The molecule has 6 heteroatoms. The maximum atomic E-state index is 10.3. The van der Waals surface area contributed by atoms with Gasteiger partial charge in [0.2, 0.25) is 0 Å². The number of carboxylic acid groups (broad SMARTS) is 1. The van der Waals surface area contributed by atoms with Crippen LogP contribution in [0, 0.1) is 0 Å². The van der Waals surface area contributed by atoms with Crippen LogP contribution in [0.4, 0.5) is 5.69 Å².